The second-order valence-electron chi connectivity index (χ2n) is 4.82. The van der Waals surface area contributed by atoms with Crippen LogP contribution >= 0.6 is 0 Å². The Morgan fingerprint density at radius 3 is 2.42 bits per heavy atom. The van der Waals surface area contributed by atoms with E-state index in [-0.39, 0.29) is 17.8 Å². The third kappa shape index (κ3) is 4.01. The van der Waals surface area contributed by atoms with Gasteiger partial charge in [0.1, 0.15) is 5.82 Å². The fourth-order valence-corrected chi connectivity index (χ4v) is 2.27. The molecular weight excluding hydrogens is 247 g/mol. The van der Waals surface area contributed by atoms with E-state index < -0.39 is 0 Å². The van der Waals surface area contributed by atoms with Crippen molar-refractivity contribution in [3.8, 4) is 0 Å². The Balaban J connectivity index is 1.76. The third-order valence-electron chi connectivity index (χ3n) is 3.51. The van der Waals surface area contributed by atoms with Crippen molar-refractivity contribution in [3.05, 3.63) is 35.6 Å². The van der Waals surface area contributed by atoms with Gasteiger partial charge in [0.15, 0.2) is 0 Å². The summed E-state index contributed by atoms with van der Waals surface area (Å²) in [6.07, 6.45) is 4.01. The molecule has 4 nitrogen and oxygen atoms in total. The summed E-state index contributed by atoms with van der Waals surface area (Å²) in [6.45, 7) is 0. The highest BCUT2D eigenvalue weighted by atomic mass is 19.1. The van der Waals surface area contributed by atoms with Crippen LogP contribution in [0.15, 0.2) is 24.3 Å². The second kappa shape index (κ2) is 6.63. The van der Waals surface area contributed by atoms with E-state index in [1.54, 1.807) is 0 Å². The number of rotatable bonds is 4. The lowest BCUT2D eigenvalue weighted by Gasteiger charge is -2.27. The Morgan fingerprint density at radius 1 is 1.21 bits per heavy atom. The number of hydrogen-bond acceptors (Lipinski definition) is 3. The molecule has 0 heterocycles. The number of carbonyl (C=O) groups excluding carboxylic acids is 1. The molecule has 0 atom stereocenters. The summed E-state index contributed by atoms with van der Waals surface area (Å²) in [5, 5.41) is 3.24. The lowest BCUT2D eigenvalue weighted by atomic mass is 9.93. The van der Waals surface area contributed by atoms with E-state index in [4.69, 9.17) is 4.84 Å². The van der Waals surface area contributed by atoms with Gasteiger partial charge in [0, 0.05) is 11.6 Å². The molecule has 0 spiro atoms. The molecule has 2 N–H and O–H groups in total. The van der Waals surface area contributed by atoms with E-state index in [1.807, 2.05) is 7.05 Å². The maximum atomic E-state index is 12.7. The summed E-state index contributed by atoms with van der Waals surface area (Å²) in [4.78, 5) is 17.1. The van der Waals surface area contributed by atoms with Crippen molar-refractivity contribution in [1.29, 1.82) is 0 Å². The molecule has 1 aliphatic rings. The molecule has 0 aliphatic heterocycles. The molecule has 0 unspecified atom stereocenters. The Morgan fingerprint density at radius 2 is 1.84 bits per heavy atom. The highest BCUT2D eigenvalue weighted by Crippen LogP contribution is 2.20. The van der Waals surface area contributed by atoms with Crippen molar-refractivity contribution in [1.82, 2.24) is 10.8 Å². The van der Waals surface area contributed by atoms with Gasteiger partial charge in [-0.2, -0.15) is 0 Å². The number of hydrogen-bond donors (Lipinski definition) is 2. The average Bonchev–Trinajstić information content (AvgIpc) is 2.46. The van der Waals surface area contributed by atoms with Gasteiger partial charge in [0.2, 0.25) is 0 Å². The monoisotopic (exact) mass is 266 g/mol. The first-order valence-corrected chi connectivity index (χ1v) is 6.58. The first kappa shape index (κ1) is 14.0. The zero-order chi connectivity index (χ0) is 13.7. The van der Waals surface area contributed by atoms with Crippen LogP contribution in [0, 0.1) is 5.82 Å². The fourth-order valence-electron chi connectivity index (χ4n) is 2.27. The van der Waals surface area contributed by atoms with Crippen LogP contribution in [0.1, 0.15) is 36.0 Å². The van der Waals surface area contributed by atoms with Gasteiger partial charge in [-0.05, 0) is 57.0 Å². The molecule has 1 amide bonds. The first-order valence-electron chi connectivity index (χ1n) is 6.58. The molecule has 5 heteroatoms. The number of benzene rings is 1. The van der Waals surface area contributed by atoms with Gasteiger partial charge in [0.25, 0.3) is 5.91 Å². The minimum absolute atomic E-state index is 0.0639. The molecule has 1 aliphatic carbocycles. The summed E-state index contributed by atoms with van der Waals surface area (Å²) < 4.78 is 12.7. The lowest BCUT2D eigenvalue weighted by molar-refractivity contribution is -0.0342. The van der Waals surface area contributed by atoms with Crippen molar-refractivity contribution in [2.75, 3.05) is 7.05 Å². The fraction of sp³-hybridized carbons (Fsp3) is 0.500. The topological polar surface area (TPSA) is 50.4 Å². The molecule has 1 fully saturated rings. The zero-order valence-electron chi connectivity index (χ0n) is 11.0. The van der Waals surface area contributed by atoms with Gasteiger partial charge in [0.05, 0.1) is 6.10 Å². The van der Waals surface area contributed by atoms with E-state index in [9.17, 15) is 9.18 Å². The molecule has 104 valence electrons. The summed E-state index contributed by atoms with van der Waals surface area (Å²) in [7, 11) is 1.96. The third-order valence-corrected chi connectivity index (χ3v) is 3.51. The van der Waals surface area contributed by atoms with Crippen molar-refractivity contribution < 1.29 is 14.0 Å². The quantitative estimate of drug-likeness (QED) is 0.820. The Kier molecular flexibility index (Phi) is 4.87. The van der Waals surface area contributed by atoms with Crippen LogP contribution in [-0.2, 0) is 4.84 Å². The van der Waals surface area contributed by atoms with Gasteiger partial charge >= 0.3 is 0 Å². The standard InChI is InChI=1S/C14H19FN2O2/c1-16-12-6-8-13(9-7-12)19-17-14(18)10-2-4-11(15)5-3-10/h2-5,12-13,16H,6-9H2,1H3,(H,17,18). The van der Waals surface area contributed by atoms with Gasteiger partial charge in [-0.25, -0.2) is 9.87 Å². The Hall–Kier alpha value is -1.46. The molecule has 1 aromatic rings. The van der Waals surface area contributed by atoms with E-state index in [0.717, 1.165) is 25.7 Å². The van der Waals surface area contributed by atoms with E-state index in [1.165, 1.54) is 24.3 Å². The number of halogens is 1. The van der Waals surface area contributed by atoms with Crippen molar-refractivity contribution in [2.24, 2.45) is 0 Å². The van der Waals surface area contributed by atoms with Crippen molar-refractivity contribution in [3.63, 3.8) is 0 Å². The van der Waals surface area contributed by atoms with Gasteiger partial charge in [-0.1, -0.05) is 0 Å². The molecular formula is C14H19FN2O2. The molecule has 0 bridgehead atoms. The second-order valence-corrected chi connectivity index (χ2v) is 4.82. The highest BCUT2D eigenvalue weighted by Gasteiger charge is 2.21. The van der Waals surface area contributed by atoms with Gasteiger partial charge < -0.3 is 5.32 Å². The Bertz CT molecular complexity index is 414. The summed E-state index contributed by atoms with van der Waals surface area (Å²) in [6, 6.07) is 5.94. The molecule has 2 rings (SSSR count). The van der Waals surface area contributed by atoms with Gasteiger partial charge in [-0.15, -0.1) is 0 Å². The molecule has 1 saturated carbocycles. The number of hydroxylamine groups is 1. The lowest BCUT2D eigenvalue weighted by Crippen LogP contribution is -2.36. The maximum Gasteiger partial charge on any atom is 0.274 e. The Labute approximate surface area is 112 Å². The number of nitrogens with one attached hydrogen (secondary N) is 2. The van der Waals surface area contributed by atoms with Crippen molar-refractivity contribution in [2.45, 2.75) is 37.8 Å². The predicted octanol–water partition coefficient (Wildman–Crippen LogP) is 2.02. The highest BCUT2D eigenvalue weighted by molar-refractivity contribution is 5.93. The largest absolute Gasteiger partial charge is 0.317 e. The SMILES string of the molecule is CNC1CCC(ONC(=O)c2ccc(F)cc2)CC1. The molecule has 0 radical (unpaired) electrons. The molecule has 1 aromatic carbocycles. The van der Waals surface area contributed by atoms with Crippen LogP contribution < -0.4 is 10.8 Å². The predicted molar refractivity (Wildman–Crippen MR) is 70.1 cm³/mol. The van der Waals surface area contributed by atoms with Crippen LogP contribution in [0.3, 0.4) is 0 Å². The van der Waals surface area contributed by atoms with E-state index in [2.05, 4.69) is 10.8 Å². The number of carbonyl (C=O) groups is 1. The minimum Gasteiger partial charge on any atom is -0.317 e. The summed E-state index contributed by atoms with van der Waals surface area (Å²) >= 11 is 0. The smallest absolute Gasteiger partial charge is 0.274 e. The first-order chi connectivity index (χ1) is 9.19. The molecule has 0 aromatic heterocycles. The summed E-state index contributed by atoms with van der Waals surface area (Å²) in [5.41, 5.74) is 2.83. The zero-order valence-corrected chi connectivity index (χ0v) is 11.0. The summed E-state index contributed by atoms with van der Waals surface area (Å²) in [5.74, 6) is -0.696. The average molecular weight is 266 g/mol. The van der Waals surface area contributed by atoms with Gasteiger partial charge in [-0.3, -0.25) is 9.63 Å². The van der Waals surface area contributed by atoms with Crippen LogP contribution in [0.5, 0.6) is 0 Å². The number of amides is 1. The van der Waals surface area contributed by atoms with Crippen LogP contribution in [-0.4, -0.2) is 25.1 Å². The van der Waals surface area contributed by atoms with Crippen LogP contribution in [0.2, 0.25) is 0 Å². The van der Waals surface area contributed by atoms with Crippen LogP contribution in [0.25, 0.3) is 0 Å². The van der Waals surface area contributed by atoms with Crippen LogP contribution in [0.4, 0.5) is 4.39 Å². The van der Waals surface area contributed by atoms with E-state index in [0.29, 0.717) is 11.6 Å². The molecule has 19 heavy (non-hydrogen) atoms. The molecule has 0 saturated heterocycles. The van der Waals surface area contributed by atoms with E-state index >= 15 is 0 Å². The normalized spacial score (nSPS) is 23.1. The van der Waals surface area contributed by atoms with Crippen molar-refractivity contribution >= 4 is 5.91 Å². The maximum absolute atomic E-state index is 12.7. The minimum atomic E-state index is -0.358.